The minimum absolute atomic E-state index is 0.936. The molecule has 1 fully saturated rings. The third kappa shape index (κ3) is 5.33. The predicted octanol–water partition coefficient (Wildman–Crippen LogP) is 2.27. The minimum Gasteiger partial charge on any atom is -0.312 e. The van der Waals surface area contributed by atoms with Crippen LogP contribution in [0.1, 0.15) is 32.6 Å². The van der Waals surface area contributed by atoms with Crippen molar-refractivity contribution in [3.8, 4) is 0 Å². The molecule has 1 aliphatic rings. The molecule has 2 heteroatoms. The molecule has 88 valence electrons. The molecule has 1 heterocycles. The van der Waals surface area contributed by atoms with E-state index < -0.39 is 0 Å². The largest absolute Gasteiger partial charge is 0.312 e. The smallest absolute Gasteiger partial charge is 0.0132 e. The third-order valence-electron chi connectivity index (χ3n) is 3.41. The van der Waals surface area contributed by atoms with Gasteiger partial charge in [-0.3, -0.25) is 0 Å². The Labute approximate surface area is 94.7 Å². The maximum atomic E-state index is 3.70. The highest BCUT2D eigenvalue weighted by molar-refractivity contribution is 4.72. The molecule has 0 amide bonds. The van der Waals surface area contributed by atoms with E-state index in [1.165, 1.54) is 45.3 Å². The van der Waals surface area contributed by atoms with Crippen LogP contribution >= 0.6 is 0 Å². The molecule has 1 N–H and O–H groups in total. The zero-order valence-electron chi connectivity index (χ0n) is 10.2. The first-order valence-corrected chi connectivity index (χ1v) is 6.40. The zero-order valence-corrected chi connectivity index (χ0v) is 10.2. The molecular formula is C13H26N2. The van der Waals surface area contributed by atoms with Gasteiger partial charge < -0.3 is 10.2 Å². The van der Waals surface area contributed by atoms with Crippen LogP contribution in [0.2, 0.25) is 0 Å². The molecule has 1 rings (SSSR count). The summed E-state index contributed by atoms with van der Waals surface area (Å²) < 4.78 is 0. The Balaban J connectivity index is 2.11. The number of hydrogen-bond donors (Lipinski definition) is 1. The quantitative estimate of drug-likeness (QED) is 0.534. The maximum Gasteiger partial charge on any atom is 0.0132 e. The monoisotopic (exact) mass is 210 g/mol. The SMILES string of the molecule is C=CCNCCN1CCCC(CC)CC1. The van der Waals surface area contributed by atoms with Crippen molar-refractivity contribution in [3.63, 3.8) is 0 Å². The van der Waals surface area contributed by atoms with Crippen LogP contribution in [0.15, 0.2) is 12.7 Å². The van der Waals surface area contributed by atoms with Gasteiger partial charge in [0.15, 0.2) is 0 Å². The van der Waals surface area contributed by atoms with E-state index in [9.17, 15) is 0 Å². The summed E-state index contributed by atoms with van der Waals surface area (Å²) in [6.07, 6.45) is 7.52. The second kappa shape index (κ2) is 7.89. The van der Waals surface area contributed by atoms with Crippen LogP contribution in [0.4, 0.5) is 0 Å². The van der Waals surface area contributed by atoms with Gasteiger partial charge in [0, 0.05) is 19.6 Å². The van der Waals surface area contributed by atoms with Gasteiger partial charge in [-0.1, -0.05) is 19.4 Å². The van der Waals surface area contributed by atoms with Crippen LogP contribution in [0.3, 0.4) is 0 Å². The number of rotatable bonds is 6. The van der Waals surface area contributed by atoms with Gasteiger partial charge in [-0.25, -0.2) is 0 Å². The average molecular weight is 210 g/mol. The van der Waals surface area contributed by atoms with Crippen LogP contribution in [0.5, 0.6) is 0 Å². The van der Waals surface area contributed by atoms with Crippen molar-refractivity contribution in [1.29, 1.82) is 0 Å². The predicted molar refractivity (Wildman–Crippen MR) is 67.1 cm³/mol. The Kier molecular flexibility index (Phi) is 6.69. The van der Waals surface area contributed by atoms with Crippen molar-refractivity contribution in [2.45, 2.75) is 32.6 Å². The second-order valence-electron chi connectivity index (χ2n) is 4.54. The first-order chi connectivity index (χ1) is 7.36. The zero-order chi connectivity index (χ0) is 10.9. The van der Waals surface area contributed by atoms with Crippen LogP contribution in [-0.4, -0.2) is 37.6 Å². The Morgan fingerprint density at radius 1 is 1.40 bits per heavy atom. The molecule has 15 heavy (non-hydrogen) atoms. The van der Waals surface area contributed by atoms with Gasteiger partial charge in [0.25, 0.3) is 0 Å². The van der Waals surface area contributed by atoms with Crippen LogP contribution in [0, 0.1) is 5.92 Å². The van der Waals surface area contributed by atoms with E-state index in [0.29, 0.717) is 0 Å². The summed E-state index contributed by atoms with van der Waals surface area (Å²) >= 11 is 0. The molecular weight excluding hydrogens is 184 g/mol. The Hall–Kier alpha value is -0.340. The van der Waals surface area contributed by atoms with Gasteiger partial charge in [0.1, 0.15) is 0 Å². The number of nitrogens with one attached hydrogen (secondary N) is 1. The summed E-state index contributed by atoms with van der Waals surface area (Å²) in [4.78, 5) is 2.60. The molecule has 1 unspecified atom stereocenters. The number of hydrogen-bond acceptors (Lipinski definition) is 2. The van der Waals surface area contributed by atoms with E-state index >= 15 is 0 Å². The lowest BCUT2D eigenvalue weighted by molar-refractivity contribution is 0.281. The lowest BCUT2D eigenvalue weighted by Crippen LogP contribution is -2.33. The highest BCUT2D eigenvalue weighted by atomic mass is 15.1. The molecule has 0 spiro atoms. The molecule has 0 aromatic carbocycles. The van der Waals surface area contributed by atoms with Gasteiger partial charge in [-0.2, -0.15) is 0 Å². The number of likely N-dealkylation sites (tertiary alicyclic amines) is 1. The highest BCUT2D eigenvalue weighted by Crippen LogP contribution is 2.19. The van der Waals surface area contributed by atoms with E-state index in [0.717, 1.165) is 19.0 Å². The Bertz CT molecular complexity index is 168. The van der Waals surface area contributed by atoms with Crippen LogP contribution in [-0.2, 0) is 0 Å². The second-order valence-corrected chi connectivity index (χ2v) is 4.54. The molecule has 0 aromatic heterocycles. The fourth-order valence-electron chi connectivity index (χ4n) is 2.30. The highest BCUT2D eigenvalue weighted by Gasteiger charge is 2.14. The molecule has 1 aliphatic heterocycles. The summed E-state index contributed by atoms with van der Waals surface area (Å²) in [6, 6.07) is 0. The van der Waals surface area contributed by atoms with Crippen LogP contribution < -0.4 is 5.32 Å². The maximum absolute atomic E-state index is 3.70. The first kappa shape index (κ1) is 12.7. The van der Waals surface area contributed by atoms with Gasteiger partial charge in [-0.05, 0) is 38.3 Å². The fourth-order valence-corrected chi connectivity index (χ4v) is 2.30. The van der Waals surface area contributed by atoms with Gasteiger partial charge >= 0.3 is 0 Å². The third-order valence-corrected chi connectivity index (χ3v) is 3.41. The Morgan fingerprint density at radius 3 is 3.00 bits per heavy atom. The van der Waals surface area contributed by atoms with Gasteiger partial charge in [-0.15, -0.1) is 6.58 Å². The molecule has 1 atom stereocenters. The van der Waals surface area contributed by atoms with E-state index in [1.807, 2.05) is 6.08 Å². The lowest BCUT2D eigenvalue weighted by Gasteiger charge is -2.19. The molecule has 1 saturated heterocycles. The molecule has 0 bridgehead atoms. The minimum atomic E-state index is 0.936. The molecule has 0 aliphatic carbocycles. The topological polar surface area (TPSA) is 15.3 Å². The molecule has 0 radical (unpaired) electrons. The van der Waals surface area contributed by atoms with Crippen LogP contribution in [0.25, 0.3) is 0 Å². The number of nitrogens with zero attached hydrogens (tertiary/aromatic N) is 1. The van der Waals surface area contributed by atoms with Crippen molar-refractivity contribution >= 4 is 0 Å². The normalized spacial score (nSPS) is 23.7. The molecule has 2 nitrogen and oxygen atoms in total. The summed E-state index contributed by atoms with van der Waals surface area (Å²) in [7, 11) is 0. The summed E-state index contributed by atoms with van der Waals surface area (Å²) in [5.74, 6) is 0.983. The van der Waals surface area contributed by atoms with Crippen molar-refractivity contribution in [1.82, 2.24) is 10.2 Å². The van der Waals surface area contributed by atoms with Crippen molar-refractivity contribution in [2.75, 3.05) is 32.7 Å². The Morgan fingerprint density at radius 2 is 2.27 bits per heavy atom. The van der Waals surface area contributed by atoms with Crippen molar-refractivity contribution in [3.05, 3.63) is 12.7 Å². The van der Waals surface area contributed by atoms with E-state index in [4.69, 9.17) is 0 Å². The lowest BCUT2D eigenvalue weighted by atomic mass is 9.98. The van der Waals surface area contributed by atoms with E-state index in [-0.39, 0.29) is 0 Å². The first-order valence-electron chi connectivity index (χ1n) is 6.40. The summed E-state index contributed by atoms with van der Waals surface area (Å²) in [5, 5.41) is 3.37. The van der Waals surface area contributed by atoms with Crippen molar-refractivity contribution < 1.29 is 0 Å². The van der Waals surface area contributed by atoms with E-state index in [2.05, 4.69) is 23.7 Å². The van der Waals surface area contributed by atoms with Gasteiger partial charge in [0.05, 0.1) is 0 Å². The average Bonchev–Trinajstić information content (AvgIpc) is 2.49. The summed E-state index contributed by atoms with van der Waals surface area (Å²) in [6.45, 7) is 11.9. The van der Waals surface area contributed by atoms with Crippen molar-refractivity contribution in [2.24, 2.45) is 5.92 Å². The fraction of sp³-hybridized carbons (Fsp3) is 0.846. The van der Waals surface area contributed by atoms with Gasteiger partial charge in [0.2, 0.25) is 0 Å². The standard InChI is InChI=1S/C13H26N2/c1-3-8-14-9-12-15-10-5-6-13(4-2)7-11-15/h3,13-14H,1,4-12H2,2H3. The molecule has 0 aromatic rings. The summed E-state index contributed by atoms with van der Waals surface area (Å²) in [5.41, 5.74) is 0. The van der Waals surface area contributed by atoms with E-state index in [1.54, 1.807) is 0 Å². The molecule has 0 saturated carbocycles.